The van der Waals surface area contributed by atoms with Gasteiger partial charge < -0.3 is 14.8 Å². The van der Waals surface area contributed by atoms with Crippen LogP contribution in [0.25, 0.3) is 0 Å². The van der Waals surface area contributed by atoms with Gasteiger partial charge in [0.2, 0.25) is 0 Å². The van der Waals surface area contributed by atoms with Crippen molar-refractivity contribution in [2.24, 2.45) is 5.92 Å². The average Bonchev–Trinajstić information content (AvgIpc) is 2.89. The van der Waals surface area contributed by atoms with Crippen molar-refractivity contribution in [1.82, 2.24) is 5.32 Å². The fraction of sp³-hybridized carbons (Fsp3) is 0.667. The minimum absolute atomic E-state index is 0.255. The number of benzene rings is 1. The minimum atomic E-state index is 0.255. The molecular weight excluding hydrogens is 262 g/mol. The number of nitrogens with one attached hydrogen (secondary N) is 1. The summed E-state index contributed by atoms with van der Waals surface area (Å²) in [5.41, 5.74) is 1.67. The van der Waals surface area contributed by atoms with Crippen molar-refractivity contribution in [2.45, 2.75) is 44.9 Å². The van der Waals surface area contributed by atoms with Crippen LogP contribution in [0.5, 0.6) is 11.5 Å². The van der Waals surface area contributed by atoms with Gasteiger partial charge in [-0.15, -0.1) is 0 Å². The Bertz CT molecular complexity index is 488. The third kappa shape index (κ3) is 2.76. The Morgan fingerprint density at radius 3 is 2.76 bits per heavy atom. The van der Waals surface area contributed by atoms with Gasteiger partial charge in [0.05, 0.1) is 0 Å². The second-order valence-electron chi connectivity index (χ2n) is 6.48. The topological polar surface area (TPSA) is 30.5 Å². The second kappa shape index (κ2) is 6.27. The zero-order valence-electron chi connectivity index (χ0n) is 13.3. The quantitative estimate of drug-likeness (QED) is 0.841. The molecule has 21 heavy (non-hydrogen) atoms. The average molecular weight is 289 g/mol. The van der Waals surface area contributed by atoms with Gasteiger partial charge in [-0.3, -0.25) is 0 Å². The number of ether oxygens (including phenoxy) is 2. The van der Waals surface area contributed by atoms with Gasteiger partial charge in [-0.2, -0.15) is 0 Å². The highest BCUT2D eigenvalue weighted by molar-refractivity contribution is 5.46. The molecule has 0 amide bonds. The molecule has 3 nitrogen and oxygen atoms in total. The van der Waals surface area contributed by atoms with E-state index in [0.29, 0.717) is 19.1 Å². The summed E-state index contributed by atoms with van der Waals surface area (Å²) in [4.78, 5) is 0. The largest absolute Gasteiger partial charge is 0.486 e. The molecule has 0 spiro atoms. The maximum absolute atomic E-state index is 5.78. The van der Waals surface area contributed by atoms with Gasteiger partial charge in [0.25, 0.3) is 0 Å². The number of hydrogen-bond donors (Lipinski definition) is 1. The molecule has 0 bridgehead atoms. The predicted molar refractivity (Wildman–Crippen MR) is 85.3 cm³/mol. The van der Waals surface area contributed by atoms with Gasteiger partial charge in [0, 0.05) is 12.0 Å². The monoisotopic (exact) mass is 289 g/mol. The first-order valence-electron chi connectivity index (χ1n) is 8.37. The van der Waals surface area contributed by atoms with Crippen molar-refractivity contribution in [3.8, 4) is 11.5 Å². The highest BCUT2D eigenvalue weighted by atomic mass is 16.6. The van der Waals surface area contributed by atoms with Crippen LogP contribution in [-0.2, 0) is 5.41 Å². The van der Waals surface area contributed by atoms with E-state index >= 15 is 0 Å². The number of hydrogen-bond acceptors (Lipinski definition) is 3. The lowest BCUT2D eigenvalue weighted by molar-refractivity contribution is 0.170. The first-order chi connectivity index (χ1) is 10.3. The zero-order chi connectivity index (χ0) is 14.7. The molecule has 1 N–H and O–H groups in total. The molecule has 1 aliphatic carbocycles. The van der Waals surface area contributed by atoms with E-state index in [1.165, 1.54) is 31.2 Å². The van der Waals surface area contributed by atoms with E-state index in [9.17, 15) is 0 Å². The third-order valence-electron chi connectivity index (χ3n) is 5.19. The highest BCUT2D eigenvalue weighted by Gasteiger charge is 2.41. The van der Waals surface area contributed by atoms with E-state index in [4.69, 9.17) is 9.47 Å². The van der Waals surface area contributed by atoms with Crippen LogP contribution in [0.4, 0.5) is 0 Å². The third-order valence-corrected chi connectivity index (χ3v) is 5.19. The lowest BCUT2D eigenvalue weighted by Crippen LogP contribution is -2.40. The Kier molecular flexibility index (Phi) is 4.39. The van der Waals surface area contributed by atoms with Crippen LogP contribution < -0.4 is 14.8 Å². The SMILES string of the molecule is CCCNCC1(c2ccc3c(c2)OCCO3)CCCC1C. The number of fused-ring (bicyclic) bond motifs is 1. The first kappa shape index (κ1) is 14.7. The van der Waals surface area contributed by atoms with Gasteiger partial charge >= 0.3 is 0 Å². The van der Waals surface area contributed by atoms with E-state index in [2.05, 4.69) is 37.4 Å². The summed E-state index contributed by atoms with van der Waals surface area (Å²) in [5, 5.41) is 3.65. The van der Waals surface area contributed by atoms with Gasteiger partial charge in [-0.25, -0.2) is 0 Å². The van der Waals surface area contributed by atoms with Crippen LogP contribution >= 0.6 is 0 Å². The standard InChI is InChI=1S/C18H27NO2/c1-3-9-19-13-18(8-4-5-14(18)2)15-6-7-16-17(12-15)21-11-10-20-16/h6-7,12,14,19H,3-5,8-11,13H2,1-2H3. The maximum Gasteiger partial charge on any atom is 0.161 e. The molecule has 1 saturated carbocycles. The van der Waals surface area contributed by atoms with Gasteiger partial charge in [-0.05, 0) is 49.4 Å². The fourth-order valence-corrected chi connectivity index (χ4v) is 3.88. The molecule has 2 aliphatic rings. The van der Waals surface area contributed by atoms with E-state index < -0.39 is 0 Å². The molecule has 0 radical (unpaired) electrons. The van der Waals surface area contributed by atoms with E-state index in [1.807, 2.05) is 0 Å². The van der Waals surface area contributed by atoms with Crippen molar-refractivity contribution < 1.29 is 9.47 Å². The summed E-state index contributed by atoms with van der Waals surface area (Å²) in [5.74, 6) is 2.53. The second-order valence-corrected chi connectivity index (χ2v) is 6.48. The Morgan fingerprint density at radius 1 is 1.24 bits per heavy atom. The molecule has 2 unspecified atom stereocenters. The van der Waals surface area contributed by atoms with Crippen molar-refractivity contribution in [3.05, 3.63) is 23.8 Å². The van der Waals surface area contributed by atoms with Crippen LogP contribution in [-0.4, -0.2) is 26.3 Å². The van der Waals surface area contributed by atoms with Crippen LogP contribution in [0.1, 0.15) is 45.1 Å². The lowest BCUT2D eigenvalue weighted by atomic mass is 9.72. The lowest BCUT2D eigenvalue weighted by Gasteiger charge is -2.36. The summed E-state index contributed by atoms with van der Waals surface area (Å²) in [6, 6.07) is 6.57. The molecule has 3 rings (SSSR count). The van der Waals surface area contributed by atoms with Crippen molar-refractivity contribution in [3.63, 3.8) is 0 Å². The van der Waals surface area contributed by atoms with Crippen LogP contribution in [0.3, 0.4) is 0 Å². The molecule has 1 aromatic rings. The number of rotatable bonds is 5. The van der Waals surface area contributed by atoms with Gasteiger partial charge in [0.1, 0.15) is 13.2 Å². The first-order valence-corrected chi connectivity index (χ1v) is 8.37. The van der Waals surface area contributed by atoms with Crippen LogP contribution in [0, 0.1) is 5.92 Å². The normalized spacial score (nSPS) is 27.8. The molecule has 1 aliphatic heterocycles. The molecule has 2 atom stereocenters. The molecule has 3 heteroatoms. The maximum atomic E-state index is 5.78. The Labute approximate surface area is 128 Å². The summed E-state index contributed by atoms with van der Waals surface area (Å²) in [6.45, 7) is 8.11. The van der Waals surface area contributed by atoms with Crippen LogP contribution in [0.2, 0.25) is 0 Å². The highest BCUT2D eigenvalue weighted by Crippen LogP contribution is 2.47. The molecule has 0 saturated heterocycles. The zero-order valence-corrected chi connectivity index (χ0v) is 13.3. The molecule has 1 heterocycles. The molecule has 1 fully saturated rings. The minimum Gasteiger partial charge on any atom is -0.486 e. The summed E-state index contributed by atoms with van der Waals surface area (Å²) >= 11 is 0. The summed E-state index contributed by atoms with van der Waals surface area (Å²) < 4.78 is 11.4. The molecule has 0 aromatic heterocycles. The molecule has 1 aromatic carbocycles. The van der Waals surface area contributed by atoms with E-state index in [-0.39, 0.29) is 5.41 Å². The molecule has 116 valence electrons. The fourth-order valence-electron chi connectivity index (χ4n) is 3.88. The Hall–Kier alpha value is -1.22. The molecular formula is C18H27NO2. The van der Waals surface area contributed by atoms with E-state index in [0.717, 1.165) is 24.6 Å². The summed E-state index contributed by atoms with van der Waals surface area (Å²) in [7, 11) is 0. The predicted octanol–water partition coefficient (Wildman–Crippen LogP) is 3.52. The van der Waals surface area contributed by atoms with Gasteiger partial charge in [0.15, 0.2) is 11.5 Å². The Balaban J connectivity index is 1.89. The smallest absolute Gasteiger partial charge is 0.161 e. The summed E-state index contributed by atoms with van der Waals surface area (Å²) in [6.07, 6.45) is 5.10. The van der Waals surface area contributed by atoms with E-state index in [1.54, 1.807) is 0 Å². The van der Waals surface area contributed by atoms with Crippen molar-refractivity contribution in [2.75, 3.05) is 26.3 Å². The van der Waals surface area contributed by atoms with Crippen molar-refractivity contribution >= 4 is 0 Å². The van der Waals surface area contributed by atoms with Crippen LogP contribution in [0.15, 0.2) is 18.2 Å². The van der Waals surface area contributed by atoms with Crippen molar-refractivity contribution in [1.29, 1.82) is 0 Å². The van der Waals surface area contributed by atoms with Gasteiger partial charge in [-0.1, -0.05) is 26.3 Å². The Morgan fingerprint density at radius 2 is 2.05 bits per heavy atom.